The molecule has 0 fully saturated rings. The van der Waals surface area contributed by atoms with Gasteiger partial charge in [-0.25, -0.2) is 0 Å². The van der Waals surface area contributed by atoms with Gasteiger partial charge in [-0.15, -0.1) is 0 Å². The average Bonchev–Trinajstić information content (AvgIpc) is 2.18. The van der Waals surface area contributed by atoms with Gasteiger partial charge in [0.1, 0.15) is 0 Å². The third kappa shape index (κ3) is 1.58. The lowest BCUT2D eigenvalue weighted by molar-refractivity contribution is 0.410. The minimum absolute atomic E-state index is 0.765. The third-order valence-corrected chi connectivity index (χ3v) is 3.64. The van der Waals surface area contributed by atoms with Crippen molar-refractivity contribution < 1.29 is 0 Å². The molecule has 1 aliphatic carbocycles. The highest BCUT2D eigenvalue weighted by molar-refractivity contribution is 5.35. The van der Waals surface area contributed by atoms with E-state index in [0.29, 0.717) is 0 Å². The van der Waals surface area contributed by atoms with Gasteiger partial charge in [-0.05, 0) is 41.7 Å². The van der Waals surface area contributed by atoms with Crippen molar-refractivity contribution in [3.63, 3.8) is 0 Å². The Labute approximate surface area is 87.3 Å². The van der Waals surface area contributed by atoms with E-state index in [1.54, 1.807) is 11.1 Å². The predicted octanol–water partition coefficient (Wildman–Crippen LogP) is 4.32. The van der Waals surface area contributed by atoms with Crippen LogP contribution >= 0.6 is 0 Å². The van der Waals surface area contributed by atoms with E-state index in [-0.39, 0.29) is 0 Å². The standard InChI is InChI=1S/C14H20/c1-10(2)12-9-8-11(3)13-6-4-5-7-14(12)13/h4-7,10-12H,8-9H2,1-3H3/t11-,12-/m1/s1. The summed E-state index contributed by atoms with van der Waals surface area (Å²) >= 11 is 0. The van der Waals surface area contributed by atoms with Gasteiger partial charge >= 0.3 is 0 Å². The van der Waals surface area contributed by atoms with E-state index in [1.165, 1.54) is 12.8 Å². The lowest BCUT2D eigenvalue weighted by Crippen LogP contribution is -2.16. The average molecular weight is 188 g/mol. The van der Waals surface area contributed by atoms with Crippen molar-refractivity contribution >= 4 is 0 Å². The van der Waals surface area contributed by atoms with Gasteiger partial charge in [0.2, 0.25) is 0 Å². The van der Waals surface area contributed by atoms with Gasteiger partial charge in [0, 0.05) is 0 Å². The molecule has 1 aromatic carbocycles. The maximum Gasteiger partial charge on any atom is -0.0136 e. The SMILES string of the molecule is CC(C)[C@H]1CC[C@@H](C)c2ccccc21. The molecule has 0 radical (unpaired) electrons. The summed E-state index contributed by atoms with van der Waals surface area (Å²) in [7, 11) is 0. The smallest absolute Gasteiger partial charge is 0.0136 e. The van der Waals surface area contributed by atoms with Crippen molar-refractivity contribution in [2.24, 2.45) is 5.92 Å². The first-order chi connectivity index (χ1) is 6.70. The Morgan fingerprint density at radius 2 is 1.71 bits per heavy atom. The van der Waals surface area contributed by atoms with Crippen LogP contribution in [0.4, 0.5) is 0 Å². The van der Waals surface area contributed by atoms with E-state index in [1.807, 2.05) is 0 Å². The first-order valence-corrected chi connectivity index (χ1v) is 5.79. The van der Waals surface area contributed by atoms with Crippen molar-refractivity contribution in [1.29, 1.82) is 0 Å². The molecule has 0 saturated carbocycles. The molecule has 2 rings (SSSR count). The Balaban J connectivity index is 2.41. The molecule has 0 heterocycles. The number of hydrogen-bond donors (Lipinski definition) is 0. The minimum atomic E-state index is 0.765. The molecule has 2 atom stereocenters. The second-order valence-electron chi connectivity index (χ2n) is 4.96. The zero-order valence-corrected chi connectivity index (χ0v) is 9.46. The van der Waals surface area contributed by atoms with Crippen LogP contribution in [0.2, 0.25) is 0 Å². The highest BCUT2D eigenvalue weighted by atomic mass is 14.3. The highest BCUT2D eigenvalue weighted by Gasteiger charge is 2.25. The van der Waals surface area contributed by atoms with Gasteiger partial charge in [0.25, 0.3) is 0 Å². The van der Waals surface area contributed by atoms with Crippen molar-refractivity contribution in [2.45, 2.75) is 45.4 Å². The molecule has 0 nitrogen and oxygen atoms in total. The second-order valence-corrected chi connectivity index (χ2v) is 4.96. The minimum Gasteiger partial charge on any atom is -0.0622 e. The van der Waals surface area contributed by atoms with Crippen LogP contribution in [0.1, 0.15) is 56.6 Å². The summed E-state index contributed by atoms with van der Waals surface area (Å²) in [5.41, 5.74) is 3.21. The molecule has 0 aromatic heterocycles. The van der Waals surface area contributed by atoms with Crippen LogP contribution < -0.4 is 0 Å². The summed E-state index contributed by atoms with van der Waals surface area (Å²) in [6, 6.07) is 9.01. The summed E-state index contributed by atoms with van der Waals surface area (Å²) in [5, 5.41) is 0. The van der Waals surface area contributed by atoms with Gasteiger partial charge in [0.05, 0.1) is 0 Å². The molecule has 0 spiro atoms. The van der Waals surface area contributed by atoms with Gasteiger partial charge in [-0.2, -0.15) is 0 Å². The van der Waals surface area contributed by atoms with E-state index >= 15 is 0 Å². The van der Waals surface area contributed by atoms with Crippen LogP contribution in [0.5, 0.6) is 0 Å². The molecule has 0 bridgehead atoms. The third-order valence-electron chi connectivity index (χ3n) is 3.64. The molecule has 1 aliphatic rings. The predicted molar refractivity (Wildman–Crippen MR) is 61.7 cm³/mol. The van der Waals surface area contributed by atoms with Crippen LogP contribution in [0.25, 0.3) is 0 Å². The normalized spacial score (nSPS) is 26.3. The van der Waals surface area contributed by atoms with Gasteiger partial charge in [-0.3, -0.25) is 0 Å². The van der Waals surface area contributed by atoms with Crippen LogP contribution in [0.15, 0.2) is 24.3 Å². The van der Waals surface area contributed by atoms with Crippen molar-refractivity contribution in [3.8, 4) is 0 Å². The van der Waals surface area contributed by atoms with Crippen molar-refractivity contribution in [2.75, 3.05) is 0 Å². The topological polar surface area (TPSA) is 0 Å². The molecular formula is C14H20. The van der Waals surface area contributed by atoms with Crippen LogP contribution in [-0.4, -0.2) is 0 Å². The Hall–Kier alpha value is -0.780. The van der Waals surface area contributed by atoms with E-state index in [0.717, 1.165) is 17.8 Å². The van der Waals surface area contributed by atoms with Gasteiger partial charge < -0.3 is 0 Å². The number of rotatable bonds is 1. The quantitative estimate of drug-likeness (QED) is 0.615. The summed E-state index contributed by atoms with van der Waals surface area (Å²) < 4.78 is 0. The van der Waals surface area contributed by atoms with Gasteiger partial charge in [0.15, 0.2) is 0 Å². The van der Waals surface area contributed by atoms with Crippen molar-refractivity contribution in [1.82, 2.24) is 0 Å². The maximum absolute atomic E-state index is 2.36. The zero-order valence-electron chi connectivity index (χ0n) is 9.46. The second kappa shape index (κ2) is 3.76. The Kier molecular flexibility index (Phi) is 2.62. The van der Waals surface area contributed by atoms with E-state index < -0.39 is 0 Å². The van der Waals surface area contributed by atoms with E-state index in [2.05, 4.69) is 45.0 Å². The summed E-state index contributed by atoms with van der Waals surface area (Å²) in [6.45, 7) is 7.05. The fourth-order valence-electron chi connectivity index (χ4n) is 2.73. The molecule has 0 aliphatic heterocycles. The highest BCUT2D eigenvalue weighted by Crippen LogP contribution is 2.41. The fraction of sp³-hybridized carbons (Fsp3) is 0.571. The molecule has 0 unspecified atom stereocenters. The summed E-state index contributed by atoms with van der Waals surface area (Å²) in [6.07, 6.45) is 2.73. The van der Waals surface area contributed by atoms with Crippen molar-refractivity contribution in [3.05, 3.63) is 35.4 Å². The first-order valence-electron chi connectivity index (χ1n) is 5.79. The number of fused-ring (bicyclic) bond motifs is 1. The monoisotopic (exact) mass is 188 g/mol. The molecule has 76 valence electrons. The van der Waals surface area contributed by atoms with E-state index in [4.69, 9.17) is 0 Å². The molecular weight excluding hydrogens is 168 g/mol. The molecule has 0 amide bonds. The maximum atomic E-state index is 2.36. The van der Waals surface area contributed by atoms with E-state index in [9.17, 15) is 0 Å². The zero-order chi connectivity index (χ0) is 10.1. The lowest BCUT2D eigenvalue weighted by Gasteiger charge is -2.32. The molecule has 0 heteroatoms. The Morgan fingerprint density at radius 3 is 2.36 bits per heavy atom. The summed E-state index contributed by atoms with van der Waals surface area (Å²) in [4.78, 5) is 0. The van der Waals surface area contributed by atoms with Crippen LogP contribution in [-0.2, 0) is 0 Å². The molecule has 14 heavy (non-hydrogen) atoms. The summed E-state index contributed by atoms with van der Waals surface area (Å²) in [5.74, 6) is 2.34. The molecule has 1 aromatic rings. The number of benzene rings is 1. The van der Waals surface area contributed by atoms with Crippen LogP contribution in [0.3, 0.4) is 0 Å². The lowest BCUT2D eigenvalue weighted by atomic mass is 9.73. The fourth-order valence-corrected chi connectivity index (χ4v) is 2.73. The molecule has 0 saturated heterocycles. The molecule has 0 N–H and O–H groups in total. The Bertz CT molecular complexity index is 312. The van der Waals surface area contributed by atoms with Crippen LogP contribution in [0, 0.1) is 5.92 Å². The largest absolute Gasteiger partial charge is 0.0622 e. The Morgan fingerprint density at radius 1 is 1.07 bits per heavy atom. The van der Waals surface area contributed by atoms with Gasteiger partial charge in [-0.1, -0.05) is 45.0 Å². The number of hydrogen-bond acceptors (Lipinski definition) is 0. The first kappa shape index (κ1) is 9.76.